The molecule has 0 bridgehead atoms. The van der Waals surface area contributed by atoms with Gasteiger partial charge >= 0.3 is 0 Å². The molecule has 0 radical (unpaired) electrons. The van der Waals surface area contributed by atoms with Crippen molar-refractivity contribution in [1.82, 2.24) is 5.32 Å². The summed E-state index contributed by atoms with van der Waals surface area (Å²) < 4.78 is 25.1. The van der Waals surface area contributed by atoms with E-state index < -0.39 is 11.7 Å². The van der Waals surface area contributed by atoms with Crippen LogP contribution in [-0.2, 0) is 9.59 Å². The van der Waals surface area contributed by atoms with Gasteiger partial charge in [-0.3, -0.25) is 9.59 Å². The predicted molar refractivity (Wildman–Crippen MR) is 148 cm³/mol. The summed E-state index contributed by atoms with van der Waals surface area (Å²) in [5.74, 6) is -0.286. The minimum absolute atomic E-state index is 0.247. The third-order valence-corrected chi connectivity index (χ3v) is 6.52. The highest BCUT2D eigenvalue weighted by atomic mass is 79.9. The second-order valence-electron chi connectivity index (χ2n) is 7.92. The molecule has 1 fully saturated rings. The fourth-order valence-corrected chi connectivity index (χ4v) is 4.73. The largest absolute Gasteiger partial charge is 0.490 e. The summed E-state index contributed by atoms with van der Waals surface area (Å²) in [5, 5.41) is 5.92. The lowest BCUT2D eigenvalue weighted by Crippen LogP contribution is -2.20. The number of carbonyl (C=O) groups excluding carboxylic acids is 2. The lowest BCUT2D eigenvalue weighted by Gasteiger charge is -2.15. The van der Waals surface area contributed by atoms with Crippen molar-refractivity contribution >= 4 is 62.1 Å². The Kier molecular flexibility index (Phi) is 8.62. The van der Waals surface area contributed by atoms with Crippen LogP contribution >= 0.6 is 27.7 Å². The lowest BCUT2D eigenvalue weighted by molar-refractivity contribution is -0.118. The van der Waals surface area contributed by atoms with Crippen molar-refractivity contribution in [2.75, 3.05) is 18.5 Å². The highest BCUT2D eigenvalue weighted by Gasteiger charge is 2.24. The fraction of sp³-hybridized carbons (Fsp3) is 0.148. The number of hydrogen-bond donors (Lipinski definition) is 2. The van der Waals surface area contributed by atoms with Crippen molar-refractivity contribution in [3.8, 4) is 11.5 Å². The van der Waals surface area contributed by atoms with Gasteiger partial charge in [-0.25, -0.2) is 9.38 Å². The first-order chi connectivity index (χ1) is 17.8. The van der Waals surface area contributed by atoms with Crippen LogP contribution in [0.3, 0.4) is 0 Å². The van der Waals surface area contributed by atoms with E-state index in [1.165, 1.54) is 36.0 Å². The summed E-state index contributed by atoms with van der Waals surface area (Å²) in [7, 11) is 0. The first-order valence-electron chi connectivity index (χ1n) is 11.3. The number of nitrogens with zero attached hydrogens (tertiary/aromatic N) is 1. The van der Waals surface area contributed by atoms with Gasteiger partial charge in [0.1, 0.15) is 5.82 Å². The number of amidine groups is 1. The van der Waals surface area contributed by atoms with Crippen molar-refractivity contribution in [2.45, 2.75) is 13.8 Å². The second-order valence-corrected chi connectivity index (χ2v) is 9.81. The van der Waals surface area contributed by atoms with E-state index in [1.807, 2.05) is 38.1 Å². The van der Waals surface area contributed by atoms with Crippen molar-refractivity contribution in [3.63, 3.8) is 0 Å². The van der Waals surface area contributed by atoms with Crippen LogP contribution in [0.25, 0.3) is 6.08 Å². The van der Waals surface area contributed by atoms with E-state index >= 15 is 0 Å². The third kappa shape index (κ3) is 7.21. The van der Waals surface area contributed by atoms with Gasteiger partial charge in [-0.1, -0.05) is 17.7 Å². The molecular weight excluding hydrogens is 561 g/mol. The van der Waals surface area contributed by atoms with Gasteiger partial charge in [-0.15, -0.1) is 0 Å². The molecule has 3 aromatic rings. The Labute approximate surface area is 226 Å². The van der Waals surface area contributed by atoms with Crippen LogP contribution in [0.2, 0.25) is 0 Å². The Balaban J connectivity index is 1.48. The number of aryl methyl sites for hydroxylation is 1. The van der Waals surface area contributed by atoms with E-state index in [-0.39, 0.29) is 12.5 Å². The van der Waals surface area contributed by atoms with Crippen LogP contribution in [0, 0.1) is 12.7 Å². The number of anilines is 1. The molecule has 7 nitrogen and oxygen atoms in total. The van der Waals surface area contributed by atoms with Crippen molar-refractivity contribution in [2.24, 2.45) is 4.99 Å². The molecule has 0 spiro atoms. The first-order valence-corrected chi connectivity index (χ1v) is 12.9. The van der Waals surface area contributed by atoms with Crippen LogP contribution in [0.1, 0.15) is 18.1 Å². The maximum atomic E-state index is 13.1. The van der Waals surface area contributed by atoms with E-state index in [0.717, 1.165) is 11.3 Å². The van der Waals surface area contributed by atoms with E-state index in [2.05, 4.69) is 31.6 Å². The number of rotatable bonds is 8. The molecule has 1 saturated heterocycles. The predicted octanol–water partition coefficient (Wildman–Crippen LogP) is 6.20. The molecule has 1 aliphatic heterocycles. The van der Waals surface area contributed by atoms with E-state index in [1.54, 1.807) is 18.2 Å². The number of aliphatic imine (C=N–C) groups is 1. The summed E-state index contributed by atoms with van der Waals surface area (Å²) in [6.07, 6.45) is 1.73. The maximum absolute atomic E-state index is 13.1. The van der Waals surface area contributed by atoms with Crippen LogP contribution < -0.4 is 20.1 Å². The van der Waals surface area contributed by atoms with Crippen LogP contribution in [0.4, 0.5) is 15.8 Å². The highest BCUT2D eigenvalue weighted by molar-refractivity contribution is 9.10. The number of nitrogens with one attached hydrogen (secondary N) is 2. The van der Waals surface area contributed by atoms with Crippen LogP contribution in [0.5, 0.6) is 11.5 Å². The number of amides is 2. The minimum atomic E-state index is -0.411. The number of ether oxygens (including phenoxy) is 2. The molecule has 0 aromatic heterocycles. The molecule has 37 heavy (non-hydrogen) atoms. The highest BCUT2D eigenvalue weighted by Crippen LogP contribution is 2.38. The summed E-state index contributed by atoms with van der Waals surface area (Å²) in [5.41, 5.74) is 3.04. The van der Waals surface area contributed by atoms with E-state index in [4.69, 9.17) is 9.47 Å². The number of hydrogen-bond acceptors (Lipinski definition) is 6. The Hall–Kier alpha value is -3.63. The maximum Gasteiger partial charge on any atom is 0.264 e. The number of thioether (sulfide) groups is 1. The second kappa shape index (κ2) is 12.1. The van der Waals surface area contributed by atoms with Crippen molar-refractivity contribution in [3.05, 3.63) is 87.0 Å². The zero-order chi connectivity index (χ0) is 26.4. The topological polar surface area (TPSA) is 89.0 Å². The number of halogens is 2. The molecule has 0 unspecified atom stereocenters. The van der Waals surface area contributed by atoms with Crippen LogP contribution in [-0.4, -0.2) is 30.2 Å². The van der Waals surface area contributed by atoms with Gasteiger partial charge in [0.15, 0.2) is 23.3 Å². The quantitative estimate of drug-likeness (QED) is 0.308. The molecule has 0 saturated carbocycles. The zero-order valence-corrected chi connectivity index (χ0v) is 22.4. The van der Waals surface area contributed by atoms with Crippen LogP contribution in [0.15, 0.2) is 75.0 Å². The first kappa shape index (κ1) is 26.4. The Morgan fingerprint density at radius 1 is 1.14 bits per heavy atom. The molecule has 3 aromatic carbocycles. The standard InChI is InChI=1S/C27H23BrFN3O4S/c1-3-35-22-13-17(14-23-26(34)32-27(37-23)31-20-8-4-16(2)5-9-20)12-21(28)25(22)36-15-24(33)30-19-10-6-18(29)7-11-19/h4-14H,3,15H2,1-2H3,(H,30,33)(H,31,32,34)/b23-14+. The Morgan fingerprint density at radius 2 is 1.86 bits per heavy atom. The van der Waals surface area contributed by atoms with Gasteiger partial charge in [0.05, 0.1) is 21.7 Å². The molecule has 190 valence electrons. The Bertz CT molecular complexity index is 1380. The molecule has 1 heterocycles. The molecule has 0 atom stereocenters. The fourth-order valence-electron chi connectivity index (χ4n) is 3.31. The molecule has 4 rings (SSSR count). The molecule has 10 heteroatoms. The molecule has 2 amide bonds. The van der Waals surface area contributed by atoms with E-state index in [9.17, 15) is 14.0 Å². The number of benzene rings is 3. The lowest BCUT2D eigenvalue weighted by atomic mass is 10.2. The average Bonchev–Trinajstić information content (AvgIpc) is 3.20. The average molecular weight is 584 g/mol. The number of carbonyl (C=O) groups is 2. The van der Waals surface area contributed by atoms with Crippen molar-refractivity contribution in [1.29, 1.82) is 0 Å². The van der Waals surface area contributed by atoms with Gasteiger partial charge < -0.3 is 20.1 Å². The summed E-state index contributed by atoms with van der Waals surface area (Å²) in [6.45, 7) is 3.91. The Morgan fingerprint density at radius 3 is 2.57 bits per heavy atom. The molecule has 1 aliphatic rings. The van der Waals surface area contributed by atoms with E-state index in [0.29, 0.717) is 43.9 Å². The summed E-state index contributed by atoms with van der Waals surface area (Å²) in [6, 6.07) is 16.6. The van der Waals surface area contributed by atoms with Gasteiger partial charge in [-0.2, -0.15) is 0 Å². The molecular formula is C27H23BrFN3O4S. The zero-order valence-electron chi connectivity index (χ0n) is 20.0. The monoisotopic (exact) mass is 583 g/mol. The smallest absolute Gasteiger partial charge is 0.264 e. The van der Waals surface area contributed by atoms with Crippen molar-refractivity contribution < 1.29 is 23.5 Å². The summed E-state index contributed by atoms with van der Waals surface area (Å²) >= 11 is 4.73. The SMILES string of the molecule is CCOc1cc(/C=C2/SC(=Nc3ccc(C)cc3)NC2=O)cc(Br)c1OCC(=O)Nc1ccc(F)cc1. The normalized spacial score (nSPS) is 15.1. The van der Waals surface area contributed by atoms with Gasteiger partial charge in [0, 0.05) is 5.69 Å². The van der Waals surface area contributed by atoms with Gasteiger partial charge in [0.2, 0.25) is 0 Å². The van der Waals surface area contributed by atoms with Gasteiger partial charge in [0.25, 0.3) is 11.8 Å². The minimum Gasteiger partial charge on any atom is -0.490 e. The van der Waals surface area contributed by atoms with Gasteiger partial charge in [-0.05, 0) is 102 Å². The summed E-state index contributed by atoms with van der Waals surface area (Å²) in [4.78, 5) is 29.8. The molecule has 2 N–H and O–H groups in total. The third-order valence-electron chi connectivity index (χ3n) is 5.02. The molecule has 0 aliphatic carbocycles.